The van der Waals surface area contributed by atoms with Gasteiger partial charge in [-0.05, 0) is 68.8 Å². The lowest BCUT2D eigenvalue weighted by molar-refractivity contribution is 0.0679. The zero-order valence-corrected chi connectivity index (χ0v) is 14.1. The SMILES string of the molecule is NCCC1CCCN(Cc2ccc(OCC3CCCO3)cc2)C1. The maximum absolute atomic E-state index is 5.83. The summed E-state index contributed by atoms with van der Waals surface area (Å²) in [7, 11) is 0. The van der Waals surface area contributed by atoms with Crippen LogP contribution in [-0.2, 0) is 11.3 Å². The number of nitrogens with zero attached hydrogens (tertiary/aromatic N) is 1. The van der Waals surface area contributed by atoms with Crippen LogP contribution in [0.3, 0.4) is 0 Å². The van der Waals surface area contributed by atoms with Crippen molar-refractivity contribution in [3.8, 4) is 5.75 Å². The Labute approximate surface area is 139 Å². The predicted molar refractivity (Wildman–Crippen MR) is 92.6 cm³/mol. The van der Waals surface area contributed by atoms with Crippen LogP contribution < -0.4 is 10.5 Å². The van der Waals surface area contributed by atoms with E-state index in [1.54, 1.807) is 0 Å². The first-order chi connectivity index (χ1) is 11.3. The molecule has 1 aromatic carbocycles. The van der Waals surface area contributed by atoms with E-state index in [9.17, 15) is 0 Å². The van der Waals surface area contributed by atoms with Gasteiger partial charge < -0.3 is 15.2 Å². The highest BCUT2D eigenvalue weighted by atomic mass is 16.5. The zero-order valence-electron chi connectivity index (χ0n) is 14.1. The molecule has 2 aliphatic rings. The fourth-order valence-corrected chi connectivity index (χ4v) is 3.68. The minimum atomic E-state index is 0.280. The summed E-state index contributed by atoms with van der Waals surface area (Å²) in [4.78, 5) is 2.56. The lowest BCUT2D eigenvalue weighted by Gasteiger charge is -2.32. The molecule has 128 valence electrons. The highest BCUT2D eigenvalue weighted by molar-refractivity contribution is 5.27. The smallest absolute Gasteiger partial charge is 0.119 e. The third kappa shape index (κ3) is 5.20. The Morgan fingerprint density at radius 1 is 1.17 bits per heavy atom. The Morgan fingerprint density at radius 3 is 2.78 bits per heavy atom. The summed E-state index contributed by atoms with van der Waals surface area (Å²) in [5, 5.41) is 0. The third-order valence-corrected chi connectivity index (χ3v) is 4.97. The second-order valence-corrected chi connectivity index (χ2v) is 6.91. The normalized spacial score (nSPS) is 25.6. The van der Waals surface area contributed by atoms with Crippen molar-refractivity contribution < 1.29 is 9.47 Å². The van der Waals surface area contributed by atoms with Gasteiger partial charge in [0.25, 0.3) is 0 Å². The number of nitrogens with two attached hydrogens (primary N) is 1. The molecule has 2 heterocycles. The van der Waals surface area contributed by atoms with Crippen LogP contribution in [0.4, 0.5) is 0 Å². The van der Waals surface area contributed by atoms with E-state index >= 15 is 0 Å². The van der Waals surface area contributed by atoms with Gasteiger partial charge in [0.1, 0.15) is 12.4 Å². The molecule has 3 rings (SSSR count). The van der Waals surface area contributed by atoms with Gasteiger partial charge in [0, 0.05) is 19.7 Å². The van der Waals surface area contributed by atoms with Crippen LogP contribution in [0.15, 0.2) is 24.3 Å². The number of benzene rings is 1. The van der Waals surface area contributed by atoms with Crippen LogP contribution >= 0.6 is 0 Å². The van der Waals surface area contributed by atoms with E-state index in [0.717, 1.165) is 50.6 Å². The monoisotopic (exact) mass is 318 g/mol. The molecule has 2 unspecified atom stereocenters. The number of hydrogen-bond donors (Lipinski definition) is 1. The predicted octanol–water partition coefficient (Wildman–Crippen LogP) is 2.81. The molecule has 2 saturated heterocycles. The van der Waals surface area contributed by atoms with Gasteiger partial charge in [-0.25, -0.2) is 0 Å². The molecular weight excluding hydrogens is 288 g/mol. The average molecular weight is 318 g/mol. The van der Waals surface area contributed by atoms with E-state index in [2.05, 4.69) is 29.2 Å². The van der Waals surface area contributed by atoms with Gasteiger partial charge in [-0.2, -0.15) is 0 Å². The van der Waals surface area contributed by atoms with Crippen molar-refractivity contribution >= 4 is 0 Å². The Kier molecular flexibility index (Phi) is 6.31. The summed E-state index contributed by atoms with van der Waals surface area (Å²) in [6.45, 7) is 5.80. The van der Waals surface area contributed by atoms with E-state index in [1.807, 2.05) is 0 Å². The topological polar surface area (TPSA) is 47.7 Å². The van der Waals surface area contributed by atoms with Gasteiger partial charge in [-0.1, -0.05) is 12.1 Å². The summed E-state index contributed by atoms with van der Waals surface area (Å²) >= 11 is 0. The van der Waals surface area contributed by atoms with E-state index in [-0.39, 0.29) is 6.10 Å². The molecule has 0 bridgehead atoms. The summed E-state index contributed by atoms with van der Waals surface area (Å²) < 4.78 is 11.4. The van der Waals surface area contributed by atoms with Crippen molar-refractivity contribution in [3.05, 3.63) is 29.8 Å². The number of rotatable bonds is 7. The zero-order chi connectivity index (χ0) is 15.9. The molecule has 2 atom stereocenters. The van der Waals surface area contributed by atoms with Crippen molar-refractivity contribution in [3.63, 3.8) is 0 Å². The Hall–Kier alpha value is -1.10. The molecule has 23 heavy (non-hydrogen) atoms. The van der Waals surface area contributed by atoms with Crippen molar-refractivity contribution in [2.24, 2.45) is 11.7 Å². The van der Waals surface area contributed by atoms with Crippen LogP contribution in [0.5, 0.6) is 5.75 Å². The van der Waals surface area contributed by atoms with E-state index in [1.165, 1.54) is 31.5 Å². The van der Waals surface area contributed by atoms with Crippen molar-refractivity contribution in [2.45, 2.75) is 44.8 Å². The minimum Gasteiger partial charge on any atom is -0.491 e. The standard InChI is InChI=1S/C19H30N2O2/c20-10-9-16-3-1-11-21(13-16)14-17-5-7-18(8-6-17)23-15-19-4-2-12-22-19/h5-8,16,19H,1-4,9-15,20H2. The van der Waals surface area contributed by atoms with Crippen molar-refractivity contribution in [2.75, 3.05) is 32.8 Å². The molecule has 4 nitrogen and oxygen atoms in total. The summed E-state index contributed by atoms with van der Waals surface area (Å²) in [6, 6.07) is 8.56. The average Bonchev–Trinajstić information content (AvgIpc) is 3.08. The van der Waals surface area contributed by atoms with Gasteiger partial charge in [0.05, 0.1) is 6.10 Å². The first-order valence-electron chi connectivity index (χ1n) is 9.09. The van der Waals surface area contributed by atoms with Gasteiger partial charge in [0.15, 0.2) is 0 Å². The lowest BCUT2D eigenvalue weighted by atomic mass is 9.94. The van der Waals surface area contributed by atoms with Crippen molar-refractivity contribution in [1.29, 1.82) is 0 Å². The Morgan fingerprint density at radius 2 is 2.04 bits per heavy atom. The molecule has 0 radical (unpaired) electrons. The summed E-state index contributed by atoms with van der Waals surface area (Å²) in [5.74, 6) is 1.73. The third-order valence-electron chi connectivity index (χ3n) is 4.97. The second kappa shape index (κ2) is 8.67. The lowest BCUT2D eigenvalue weighted by Crippen LogP contribution is -2.35. The molecule has 0 spiro atoms. The Balaban J connectivity index is 1.45. The molecule has 2 N–H and O–H groups in total. The maximum atomic E-state index is 5.83. The van der Waals surface area contributed by atoms with E-state index < -0.39 is 0 Å². The van der Waals surface area contributed by atoms with Crippen LogP contribution in [0.25, 0.3) is 0 Å². The Bertz CT molecular complexity index is 455. The first-order valence-corrected chi connectivity index (χ1v) is 9.09. The highest BCUT2D eigenvalue weighted by Crippen LogP contribution is 2.22. The number of likely N-dealkylation sites (tertiary alicyclic amines) is 1. The molecular formula is C19H30N2O2. The molecule has 0 aliphatic carbocycles. The van der Waals surface area contributed by atoms with Crippen LogP contribution in [-0.4, -0.2) is 43.9 Å². The largest absolute Gasteiger partial charge is 0.491 e. The van der Waals surface area contributed by atoms with Crippen LogP contribution in [0.1, 0.15) is 37.7 Å². The van der Waals surface area contributed by atoms with Gasteiger partial charge in [-0.3, -0.25) is 4.90 Å². The number of hydrogen-bond acceptors (Lipinski definition) is 4. The van der Waals surface area contributed by atoms with Gasteiger partial charge >= 0.3 is 0 Å². The highest BCUT2D eigenvalue weighted by Gasteiger charge is 2.19. The molecule has 0 amide bonds. The van der Waals surface area contributed by atoms with E-state index in [0.29, 0.717) is 6.61 Å². The van der Waals surface area contributed by atoms with Gasteiger partial charge in [0.2, 0.25) is 0 Å². The molecule has 0 saturated carbocycles. The molecule has 1 aromatic rings. The fourth-order valence-electron chi connectivity index (χ4n) is 3.68. The van der Waals surface area contributed by atoms with Crippen LogP contribution in [0, 0.1) is 5.92 Å². The number of ether oxygens (including phenoxy) is 2. The maximum Gasteiger partial charge on any atom is 0.119 e. The first kappa shape index (κ1) is 16.7. The molecule has 4 heteroatoms. The molecule has 2 fully saturated rings. The fraction of sp³-hybridized carbons (Fsp3) is 0.684. The number of piperidine rings is 1. The summed E-state index contributed by atoms with van der Waals surface area (Å²) in [5.41, 5.74) is 7.07. The van der Waals surface area contributed by atoms with Crippen molar-refractivity contribution in [1.82, 2.24) is 4.90 Å². The summed E-state index contributed by atoms with van der Waals surface area (Å²) in [6.07, 6.45) is 6.36. The minimum absolute atomic E-state index is 0.280. The molecule has 0 aromatic heterocycles. The van der Waals surface area contributed by atoms with Crippen LogP contribution in [0.2, 0.25) is 0 Å². The second-order valence-electron chi connectivity index (χ2n) is 6.91. The molecule has 2 aliphatic heterocycles. The quantitative estimate of drug-likeness (QED) is 0.840. The van der Waals surface area contributed by atoms with E-state index in [4.69, 9.17) is 15.2 Å². The van der Waals surface area contributed by atoms with Gasteiger partial charge in [-0.15, -0.1) is 0 Å².